The second-order valence-electron chi connectivity index (χ2n) is 6.36. The van der Waals surface area contributed by atoms with E-state index in [-0.39, 0.29) is 17.4 Å². The summed E-state index contributed by atoms with van der Waals surface area (Å²) < 4.78 is 5.57. The van der Waals surface area contributed by atoms with Crippen LogP contribution in [0.1, 0.15) is 48.0 Å². The van der Waals surface area contributed by atoms with E-state index in [1.807, 2.05) is 13.8 Å². The van der Waals surface area contributed by atoms with Crippen LogP contribution in [-0.2, 0) is 9.53 Å². The number of rotatable bonds is 7. The van der Waals surface area contributed by atoms with E-state index in [4.69, 9.17) is 10.5 Å². The van der Waals surface area contributed by atoms with Crippen LogP contribution in [0.25, 0.3) is 0 Å². The van der Waals surface area contributed by atoms with Crippen LogP contribution in [0, 0.1) is 5.41 Å². The normalized spacial score (nSPS) is 15.9. The van der Waals surface area contributed by atoms with Crippen LogP contribution in [0.5, 0.6) is 0 Å². The van der Waals surface area contributed by atoms with Crippen molar-refractivity contribution in [3.8, 4) is 0 Å². The first-order valence-electron chi connectivity index (χ1n) is 6.22. The predicted molar refractivity (Wildman–Crippen MR) is 70.8 cm³/mol. The standard InChI is InChI=1S/C13H28N2O2/c1-10(2)15-13(6,11(14)16)9-17-8-7-12(3,4)5/h10,15H,7-9H2,1-6H3,(H2,14,16). The topological polar surface area (TPSA) is 64.3 Å². The smallest absolute Gasteiger partial charge is 0.239 e. The van der Waals surface area contributed by atoms with Gasteiger partial charge in [0.1, 0.15) is 5.54 Å². The highest BCUT2D eigenvalue weighted by molar-refractivity contribution is 5.84. The van der Waals surface area contributed by atoms with Gasteiger partial charge in [-0.3, -0.25) is 10.1 Å². The predicted octanol–water partition coefficient (Wildman–Crippen LogP) is 1.68. The van der Waals surface area contributed by atoms with Crippen molar-refractivity contribution in [2.45, 2.75) is 59.5 Å². The van der Waals surface area contributed by atoms with E-state index in [0.717, 1.165) is 6.42 Å². The number of hydrogen-bond acceptors (Lipinski definition) is 3. The molecule has 0 aliphatic heterocycles. The molecule has 0 aliphatic rings. The van der Waals surface area contributed by atoms with Gasteiger partial charge < -0.3 is 10.5 Å². The SMILES string of the molecule is CC(C)NC(C)(COCCC(C)(C)C)C(N)=O. The van der Waals surface area contributed by atoms with Crippen LogP contribution < -0.4 is 11.1 Å². The van der Waals surface area contributed by atoms with Crippen LogP contribution in [0.2, 0.25) is 0 Å². The molecule has 17 heavy (non-hydrogen) atoms. The molecule has 4 heteroatoms. The van der Waals surface area contributed by atoms with Crippen molar-refractivity contribution in [1.82, 2.24) is 5.32 Å². The number of ether oxygens (including phenoxy) is 1. The first-order valence-corrected chi connectivity index (χ1v) is 6.22. The summed E-state index contributed by atoms with van der Waals surface area (Å²) in [4.78, 5) is 11.4. The average molecular weight is 244 g/mol. The van der Waals surface area contributed by atoms with Crippen LogP contribution in [0.15, 0.2) is 0 Å². The van der Waals surface area contributed by atoms with Gasteiger partial charge in [0.25, 0.3) is 0 Å². The Morgan fingerprint density at radius 2 is 1.82 bits per heavy atom. The Morgan fingerprint density at radius 3 is 2.18 bits per heavy atom. The lowest BCUT2D eigenvalue weighted by atomic mass is 9.93. The van der Waals surface area contributed by atoms with Crippen molar-refractivity contribution >= 4 is 5.91 Å². The van der Waals surface area contributed by atoms with E-state index in [1.54, 1.807) is 6.92 Å². The molecule has 1 atom stereocenters. The molecule has 0 aliphatic carbocycles. The summed E-state index contributed by atoms with van der Waals surface area (Å²) in [6, 6.07) is 0.193. The zero-order valence-corrected chi connectivity index (χ0v) is 12.1. The Bertz CT molecular complexity index is 246. The van der Waals surface area contributed by atoms with Crippen molar-refractivity contribution in [2.75, 3.05) is 13.2 Å². The zero-order chi connectivity index (χ0) is 13.7. The molecule has 0 aromatic heterocycles. The van der Waals surface area contributed by atoms with Gasteiger partial charge in [-0.2, -0.15) is 0 Å². The Kier molecular flexibility index (Phi) is 6.13. The number of nitrogens with one attached hydrogen (secondary N) is 1. The molecule has 0 radical (unpaired) electrons. The molecule has 1 amide bonds. The number of nitrogens with two attached hydrogens (primary N) is 1. The first kappa shape index (κ1) is 16.4. The molecule has 0 rings (SSSR count). The van der Waals surface area contributed by atoms with E-state index < -0.39 is 5.54 Å². The van der Waals surface area contributed by atoms with E-state index in [9.17, 15) is 4.79 Å². The van der Waals surface area contributed by atoms with Crippen molar-refractivity contribution in [3.63, 3.8) is 0 Å². The zero-order valence-electron chi connectivity index (χ0n) is 12.1. The van der Waals surface area contributed by atoms with Crippen molar-refractivity contribution < 1.29 is 9.53 Å². The fourth-order valence-corrected chi connectivity index (χ4v) is 1.48. The van der Waals surface area contributed by atoms with Gasteiger partial charge in [-0.15, -0.1) is 0 Å². The summed E-state index contributed by atoms with van der Waals surface area (Å²) in [6.07, 6.45) is 0.962. The molecule has 0 bridgehead atoms. The number of amides is 1. The number of primary amides is 1. The quantitative estimate of drug-likeness (QED) is 0.670. The van der Waals surface area contributed by atoms with Gasteiger partial charge in [-0.1, -0.05) is 20.8 Å². The summed E-state index contributed by atoms with van der Waals surface area (Å²) in [5.74, 6) is -0.373. The van der Waals surface area contributed by atoms with Crippen molar-refractivity contribution in [2.24, 2.45) is 11.1 Å². The maximum atomic E-state index is 11.4. The third kappa shape index (κ3) is 7.34. The summed E-state index contributed by atoms with van der Waals surface area (Å²) in [5, 5.41) is 3.15. The van der Waals surface area contributed by atoms with Crippen LogP contribution in [-0.4, -0.2) is 30.7 Å². The molecule has 0 aromatic carbocycles. The Hall–Kier alpha value is -0.610. The molecule has 102 valence electrons. The van der Waals surface area contributed by atoms with Gasteiger partial charge in [0.05, 0.1) is 6.61 Å². The van der Waals surface area contributed by atoms with E-state index >= 15 is 0 Å². The highest BCUT2D eigenvalue weighted by atomic mass is 16.5. The molecule has 0 saturated carbocycles. The van der Waals surface area contributed by atoms with Gasteiger partial charge in [-0.05, 0) is 32.6 Å². The Labute approximate surface area is 105 Å². The Balaban J connectivity index is 4.15. The Morgan fingerprint density at radius 1 is 1.29 bits per heavy atom. The number of hydrogen-bond donors (Lipinski definition) is 2. The maximum absolute atomic E-state index is 11.4. The first-order chi connectivity index (χ1) is 7.57. The molecular weight excluding hydrogens is 216 g/mol. The van der Waals surface area contributed by atoms with Crippen LogP contribution in [0.4, 0.5) is 0 Å². The second-order valence-corrected chi connectivity index (χ2v) is 6.36. The molecule has 0 saturated heterocycles. The summed E-state index contributed by atoms with van der Waals surface area (Å²) in [6.45, 7) is 13.2. The largest absolute Gasteiger partial charge is 0.379 e. The number of carbonyl (C=O) groups is 1. The molecule has 0 aromatic rings. The summed E-state index contributed by atoms with van der Waals surface area (Å²) in [5.41, 5.74) is 4.86. The van der Waals surface area contributed by atoms with Crippen molar-refractivity contribution in [3.05, 3.63) is 0 Å². The van der Waals surface area contributed by atoms with E-state index in [0.29, 0.717) is 13.2 Å². The average Bonchev–Trinajstić information content (AvgIpc) is 2.09. The van der Waals surface area contributed by atoms with Crippen LogP contribution in [0.3, 0.4) is 0 Å². The minimum Gasteiger partial charge on any atom is -0.379 e. The van der Waals surface area contributed by atoms with Gasteiger partial charge in [-0.25, -0.2) is 0 Å². The molecular formula is C13H28N2O2. The lowest BCUT2D eigenvalue weighted by molar-refractivity contribution is -0.126. The van der Waals surface area contributed by atoms with Gasteiger partial charge in [0.15, 0.2) is 0 Å². The van der Waals surface area contributed by atoms with Gasteiger partial charge >= 0.3 is 0 Å². The second kappa shape index (κ2) is 6.36. The number of carbonyl (C=O) groups excluding carboxylic acids is 1. The monoisotopic (exact) mass is 244 g/mol. The van der Waals surface area contributed by atoms with E-state index in [1.165, 1.54) is 0 Å². The molecule has 1 unspecified atom stereocenters. The highest BCUT2D eigenvalue weighted by Crippen LogP contribution is 2.18. The fourth-order valence-electron chi connectivity index (χ4n) is 1.48. The molecule has 0 fully saturated rings. The minimum absolute atomic E-state index is 0.193. The molecule has 3 N–H and O–H groups in total. The lowest BCUT2D eigenvalue weighted by Crippen LogP contribution is -2.58. The van der Waals surface area contributed by atoms with E-state index in [2.05, 4.69) is 26.1 Å². The van der Waals surface area contributed by atoms with Crippen LogP contribution >= 0.6 is 0 Å². The minimum atomic E-state index is -0.786. The molecule has 4 nitrogen and oxygen atoms in total. The third-order valence-electron chi connectivity index (χ3n) is 2.54. The molecule has 0 spiro atoms. The van der Waals surface area contributed by atoms with Gasteiger partial charge in [0, 0.05) is 12.6 Å². The maximum Gasteiger partial charge on any atom is 0.239 e. The lowest BCUT2D eigenvalue weighted by Gasteiger charge is -2.30. The molecule has 0 heterocycles. The summed E-state index contributed by atoms with van der Waals surface area (Å²) >= 11 is 0. The highest BCUT2D eigenvalue weighted by Gasteiger charge is 2.31. The van der Waals surface area contributed by atoms with Gasteiger partial charge in [0.2, 0.25) is 5.91 Å². The van der Waals surface area contributed by atoms with Crippen molar-refractivity contribution in [1.29, 1.82) is 0 Å². The summed E-state index contributed by atoms with van der Waals surface area (Å²) in [7, 11) is 0. The third-order valence-corrected chi connectivity index (χ3v) is 2.54. The fraction of sp³-hybridized carbons (Fsp3) is 0.923.